The van der Waals surface area contributed by atoms with Crippen LogP contribution in [0.3, 0.4) is 0 Å². The van der Waals surface area contributed by atoms with Gasteiger partial charge in [-0.15, -0.1) is 0 Å². The van der Waals surface area contributed by atoms with Crippen LogP contribution in [0.15, 0.2) is 0 Å². The molecule has 1 unspecified atom stereocenters. The summed E-state index contributed by atoms with van der Waals surface area (Å²) in [5.74, 6) is 0.176. The third-order valence-corrected chi connectivity index (χ3v) is 2.34. The minimum atomic E-state index is -0.146. The number of Topliss-reactive ketones (excluding diaryl/α,β-unsaturated/α-hetero) is 1. The number of carbonyl (C=O) groups is 1. The highest BCUT2D eigenvalue weighted by atomic mass is 16.5. The Hall–Kier alpha value is -0.370. The molecule has 0 bridgehead atoms. The molecule has 0 aliphatic carbocycles. The molecule has 0 N–H and O–H groups in total. The number of hydrogen-bond donors (Lipinski definition) is 0. The van der Waals surface area contributed by atoms with Crippen LogP contribution >= 0.6 is 0 Å². The minimum Gasteiger partial charge on any atom is -0.370 e. The van der Waals surface area contributed by atoms with E-state index in [2.05, 4.69) is 13.8 Å². The van der Waals surface area contributed by atoms with Crippen molar-refractivity contribution in [3.63, 3.8) is 0 Å². The molecule has 0 spiro atoms. The van der Waals surface area contributed by atoms with E-state index in [0.29, 0.717) is 0 Å². The maximum Gasteiger partial charge on any atom is 0.158 e. The summed E-state index contributed by atoms with van der Waals surface area (Å²) in [6.07, 6.45) is 6.41. The second kappa shape index (κ2) is 9.20. The van der Waals surface area contributed by atoms with Crippen LogP contribution in [-0.4, -0.2) is 18.5 Å². The van der Waals surface area contributed by atoms with E-state index in [1.807, 2.05) is 0 Å². The molecule has 0 aromatic carbocycles. The fourth-order valence-corrected chi connectivity index (χ4v) is 1.37. The van der Waals surface area contributed by atoms with Gasteiger partial charge in [0.25, 0.3) is 0 Å². The number of unbranched alkanes of at least 4 members (excludes halogenated alkanes) is 3. The molecule has 0 aromatic heterocycles. The lowest BCUT2D eigenvalue weighted by molar-refractivity contribution is -0.128. The van der Waals surface area contributed by atoms with Crippen LogP contribution in [0.1, 0.15) is 59.3 Å². The Bertz CT molecular complexity index is 143. The monoisotopic (exact) mass is 200 g/mol. The molecule has 1 atom stereocenters. The van der Waals surface area contributed by atoms with Gasteiger partial charge in [-0.3, -0.25) is 4.79 Å². The molecule has 0 heterocycles. The summed E-state index contributed by atoms with van der Waals surface area (Å²) in [6.45, 7) is 6.66. The molecule has 0 aliphatic rings. The Balaban J connectivity index is 3.57. The summed E-state index contributed by atoms with van der Waals surface area (Å²) < 4.78 is 5.56. The predicted molar refractivity (Wildman–Crippen MR) is 59.5 cm³/mol. The highest BCUT2D eigenvalue weighted by Crippen LogP contribution is 2.07. The largest absolute Gasteiger partial charge is 0.370 e. The van der Waals surface area contributed by atoms with Crippen LogP contribution in [0.25, 0.3) is 0 Å². The summed E-state index contributed by atoms with van der Waals surface area (Å²) in [6, 6.07) is 0. The average molecular weight is 200 g/mol. The molecule has 84 valence electrons. The second-order valence-corrected chi connectivity index (χ2v) is 3.82. The Kier molecular flexibility index (Phi) is 8.95. The van der Waals surface area contributed by atoms with Crippen molar-refractivity contribution in [1.29, 1.82) is 0 Å². The number of rotatable bonds is 9. The molecule has 0 fully saturated rings. The van der Waals surface area contributed by atoms with Gasteiger partial charge in [-0.1, -0.05) is 39.5 Å². The van der Waals surface area contributed by atoms with Crippen molar-refractivity contribution in [3.05, 3.63) is 0 Å². The molecular formula is C12H24O2. The first-order chi connectivity index (χ1) is 6.72. The lowest BCUT2D eigenvalue weighted by atomic mass is 10.1. The third-order valence-electron chi connectivity index (χ3n) is 2.34. The van der Waals surface area contributed by atoms with E-state index in [1.54, 1.807) is 6.92 Å². The van der Waals surface area contributed by atoms with Gasteiger partial charge in [-0.2, -0.15) is 0 Å². The fraction of sp³-hybridized carbons (Fsp3) is 0.917. The second-order valence-electron chi connectivity index (χ2n) is 3.82. The maximum atomic E-state index is 11.2. The molecule has 0 aliphatic heterocycles. The summed E-state index contributed by atoms with van der Waals surface area (Å²) in [5.41, 5.74) is 0. The normalized spacial score (nSPS) is 12.8. The van der Waals surface area contributed by atoms with Crippen LogP contribution < -0.4 is 0 Å². The maximum absolute atomic E-state index is 11.2. The zero-order chi connectivity index (χ0) is 10.8. The number of ketones is 1. The minimum absolute atomic E-state index is 0.146. The van der Waals surface area contributed by atoms with Crippen molar-refractivity contribution in [2.45, 2.75) is 65.4 Å². The quantitative estimate of drug-likeness (QED) is 0.534. The topological polar surface area (TPSA) is 26.3 Å². The first kappa shape index (κ1) is 13.6. The summed E-state index contributed by atoms with van der Waals surface area (Å²) >= 11 is 0. The number of hydrogen-bond acceptors (Lipinski definition) is 2. The number of ether oxygens (including phenoxy) is 1. The summed E-state index contributed by atoms with van der Waals surface area (Å²) in [7, 11) is 0. The van der Waals surface area contributed by atoms with E-state index in [4.69, 9.17) is 4.74 Å². The molecule has 0 radical (unpaired) electrons. The highest BCUT2D eigenvalue weighted by molar-refractivity contribution is 5.80. The van der Waals surface area contributed by atoms with Crippen molar-refractivity contribution in [1.82, 2.24) is 0 Å². The molecule has 0 saturated carbocycles. The van der Waals surface area contributed by atoms with Gasteiger partial charge in [0.05, 0.1) is 0 Å². The van der Waals surface area contributed by atoms with Crippen molar-refractivity contribution >= 4 is 5.78 Å². The molecule has 0 aromatic rings. The van der Waals surface area contributed by atoms with Gasteiger partial charge in [0.1, 0.15) is 6.10 Å². The Morgan fingerprint density at radius 1 is 1.14 bits per heavy atom. The molecule has 0 saturated heterocycles. The Morgan fingerprint density at radius 2 is 1.79 bits per heavy atom. The summed E-state index contributed by atoms with van der Waals surface area (Å²) in [4.78, 5) is 11.2. The van der Waals surface area contributed by atoms with E-state index < -0.39 is 0 Å². The van der Waals surface area contributed by atoms with Gasteiger partial charge < -0.3 is 4.74 Å². The van der Waals surface area contributed by atoms with Gasteiger partial charge in [-0.05, 0) is 19.8 Å². The van der Waals surface area contributed by atoms with Crippen molar-refractivity contribution in [2.75, 3.05) is 6.61 Å². The SMILES string of the molecule is CCCCCOC(CCCC)C(C)=O. The first-order valence-electron chi connectivity index (χ1n) is 5.84. The van der Waals surface area contributed by atoms with E-state index in [9.17, 15) is 4.79 Å². The van der Waals surface area contributed by atoms with E-state index in [-0.39, 0.29) is 11.9 Å². The van der Waals surface area contributed by atoms with E-state index >= 15 is 0 Å². The molecule has 14 heavy (non-hydrogen) atoms. The third kappa shape index (κ3) is 7.07. The van der Waals surface area contributed by atoms with E-state index in [0.717, 1.165) is 32.3 Å². The van der Waals surface area contributed by atoms with Crippen molar-refractivity contribution in [2.24, 2.45) is 0 Å². The van der Waals surface area contributed by atoms with Gasteiger partial charge in [0, 0.05) is 6.61 Å². The highest BCUT2D eigenvalue weighted by Gasteiger charge is 2.13. The average Bonchev–Trinajstić information content (AvgIpc) is 2.16. The molecule has 0 rings (SSSR count). The molecule has 0 amide bonds. The van der Waals surface area contributed by atoms with Gasteiger partial charge >= 0.3 is 0 Å². The molecule has 2 heteroatoms. The fourth-order valence-electron chi connectivity index (χ4n) is 1.37. The van der Waals surface area contributed by atoms with Crippen LogP contribution in [-0.2, 0) is 9.53 Å². The Morgan fingerprint density at radius 3 is 2.29 bits per heavy atom. The summed E-state index contributed by atoms with van der Waals surface area (Å²) in [5, 5.41) is 0. The van der Waals surface area contributed by atoms with Gasteiger partial charge in [-0.25, -0.2) is 0 Å². The lowest BCUT2D eigenvalue weighted by Crippen LogP contribution is -2.22. The van der Waals surface area contributed by atoms with Gasteiger partial charge in [0.15, 0.2) is 5.78 Å². The van der Waals surface area contributed by atoms with Gasteiger partial charge in [0.2, 0.25) is 0 Å². The van der Waals surface area contributed by atoms with E-state index in [1.165, 1.54) is 12.8 Å². The predicted octanol–water partition coefficient (Wildman–Crippen LogP) is 3.34. The smallest absolute Gasteiger partial charge is 0.158 e. The van der Waals surface area contributed by atoms with Crippen LogP contribution in [0.5, 0.6) is 0 Å². The Labute approximate surface area is 88.0 Å². The first-order valence-corrected chi connectivity index (χ1v) is 5.84. The lowest BCUT2D eigenvalue weighted by Gasteiger charge is -2.14. The standard InChI is InChI=1S/C12H24O2/c1-4-6-8-10-14-12(11(3)13)9-7-5-2/h12H,4-10H2,1-3H3. The van der Waals surface area contributed by atoms with Crippen molar-refractivity contribution < 1.29 is 9.53 Å². The van der Waals surface area contributed by atoms with Crippen LogP contribution in [0, 0.1) is 0 Å². The van der Waals surface area contributed by atoms with Crippen LogP contribution in [0.2, 0.25) is 0 Å². The molecular weight excluding hydrogens is 176 g/mol. The van der Waals surface area contributed by atoms with Crippen molar-refractivity contribution in [3.8, 4) is 0 Å². The zero-order valence-electron chi connectivity index (χ0n) is 9.84. The van der Waals surface area contributed by atoms with Crippen LogP contribution in [0.4, 0.5) is 0 Å². The molecule has 2 nitrogen and oxygen atoms in total. The zero-order valence-corrected chi connectivity index (χ0v) is 9.84. The number of carbonyl (C=O) groups excluding carboxylic acids is 1.